The van der Waals surface area contributed by atoms with Gasteiger partial charge >= 0.3 is 59.1 Å². The molecule has 0 aliphatic rings. The second-order valence-corrected chi connectivity index (χ2v) is 1.87. The van der Waals surface area contributed by atoms with E-state index in [0.717, 1.165) is 0 Å². The monoisotopic (exact) mass is 224 g/mol. The average molecular weight is 224 g/mol. The third-order valence-electron chi connectivity index (χ3n) is 1.05. The van der Waals surface area contributed by atoms with E-state index in [1.165, 1.54) is 0 Å². The third-order valence-corrected chi connectivity index (χ3v) is 1.05. The summed E-state index contributed by atoms with van der Waals surface area (Å²) in [7, 11) is 0. The van der Waals surface area contributed by atoms with E-state index in [2.05, 4.69) is 0 Å². The van der Waals surface area contributed by atoms with Crippen molar-refractivity contribution in [2.75, 3.05) is 6.61 Å². The molecule has 0 aliphatic carbocycles. The second-order valence-electron chi connectivity index (χ2n) is 1.87. The summed E-state index contributed by atoms with van der Waals surface area (Å²) in [5, 5.41) is 33.5. The molecule has 0 heterocycles. The number of carbonyl (C=O) groups is 2. The van der Waals surface area contributed by atoms with Crippen molar-refractivity contribution in [2.45, 2.75) is 13.3 Å². The van der Waals surface area contributed by atoms with Crippen molar-refractivity contribution in [1.29, 1.82) is 0 Å². The molecule has 8 heteroatoms. The summed E-state index contributed by atoms with van der Waals surface area (Å²) in [6, 6.07) is 0. The number of carboxylic acids is 1. The van der Waals surface area contributed by atoms with Gasteiger partial charge in [0, 0.05) is 11.9 Å². The minimum absolute atomic E-state index is 0. The van der Waals surface area contributed by atoms with E-state index in [1.807, 2.05) is 0 Å². The molecule has 72 valence electrons. The van der Waals surface area contributed by atoms with E-state index in [9.17, 15) is 9.90 Å². The van der Waals surface area contributed by atoms with Gasteiger partial charge in [-0.3, -0.25) is 0 Å². The topological polar surface area (TPSA) is 121 Å². The third kappa shape index (κ3) is 23.0. The molecular weight excluding hydrogens is 214 g/mol. The first-order valence-electron chi connectivity index (χ1n) is 3.17. The maximum atomic E-state index is 9.89. The number of hydrogen-bond acceptors (Lipinski definition) is 5. The van der Waals surface area contributed by atoms with E-state index in [1.54, 1.807) is 6.92 Å². The Morgan fingerprint density at radius 1 is 1.29 bits per heavy atom. The van der Waals surface area contributed by atoms with Crippen LogP contribution in [0.1, 0.15) is 13.3 Å². The molecule has 0 saturated heterocycles. The smallest absolute Gasteiger partial charge is 0.565 e. The molecule has 0 bridgehead atoms. The second kappa shape index (κ2) is 16.1. The molecule has 0 aromatic rings. The van der Waals surface area contributed by atoms with E-state index in [-0.39, 0.29) is 65.7 Å². The molecule has 0 aromatic heterocycles. The van der Waals surface area contributed by atoms with Crippen LogP contribution in [0, 0.1) is 5.92 Å². The van der Waals surface area contributed by atoms with Crippen molar-refractivity contribution < 1.29 is 89.1 Å². The van der Waals surface area contributed by atoms with Gasteiger partial charge in [0.05, 0.1) is 6.61 Å². The molecule has 0 radical (unpaired) electrons. The predicted octanol–water partition coefficient (Wildman–Crippen LogP) is -8.35. The van der Waals surface area contributed by atoms with Crippen LogP contribution in [0.3, 0.4) is 0 Å². The largest absolute Gasteiger partial charge is 1.00 e. The molecule has 0 aliphatic heterocycles. The Hall–Kier alpha value is 0.700. The summed E-state index contributed by atoms with van der Waals surface area (Å²) in [6.45, 7) is 1.37. The first kappa shape index (κ1) is 24.1. The van der Waals surface area contributed by atoms with Crippen molar-refractivity contribution >= 4 is 12.1 Å². The zero-order chi connectivity index (χ0) is 10.1. The Balaban J connectivity index is -0.0000000733. The van der Waals surface area contributed by atoms with Gasteiger partial charge in [-0.2, -0.15) is 0 Å². The summed E-state index contributed by atoms with van der Waals surface area (Å²) in [5.74, 6) is -1.86. The summed E-state index contributed by atoms with van der Waals surface area (Å²) in [5.41, 5.74) is 0. The zero-order valence-corrected chi connectivity index (χ0v) is 12.5. The van der Waals surface area contributed by atoms with Crippen LogP contribution >= 0.6 is 0 Å². The van der Waals surface area contributed by atoms with Gasteiger partial charge in [0.2, 0.25) is 6.16 Å². The first-order chi connectivity index (χ1) is 5.45. The average Bonchev–Trinajstić information content (AvgIpc) is 1.87. The van der Waals surface area contributed by atoms with Gasteiger partial charge in [-0.25, -0.2) is 0 Å². The maximum absolute atomic E-state index is 9.89. The van der Waals surface area contributed by atoms with Gasteiger partial charge in [0.15, 0.2) is 0 Å². The van der Waals surface area contributed by atoms with Crippen LogP contribution in [0.2, 0.25) is 0 Å². The Morgan fingerprint density at radius 2 is 1.57 bits per heavy atom. The fourth-order valence-electron chi connectivity index (χ4n) is 0.370. The number of carboxylic acid groups (broad SMARTS) is 3. The van der Waals surface area contributed by atoms with Crippen molar-refractivity contribution in [3.63, 3.8) is 0 Å². The maximum Gasteiger partial charge on any atom is 1.00 e. The SMILES string of the molecule is CCC(CO)C(=O)[O-].O=C([O-])O.[Na+].[Na+]. The quantitative estimate of drug-likeness (QED) is 0.459. The van der Waals surface area contributed by atoms with Gasteiger partial charge in [0.25, 0.3) is 0 Å². The molecular formula is C6H10Na2O6. The standard InChI is InChI=1S/C5H10O3.CH2O3.2Na/c1-2-4(3-6)5(7)8;2-1(3)4;;/h4,6H,2-3H2,1H3,(H,7,8);(H2,2,3,4);;/q;;2*+1/p-2. The molecule has 1 unspecified atom stereocenters. The van der Waals surface area contributed by atoms with Crippen molar-refractivity contribution in [2.24, 2.45) is 5.92 Å². The fraction of sp³-hybridized carbons (Fsp3) is 0.667. The number of aliphatic hydroxyl groups excluding tert-OH is 1. The molecule has 0 spiro atoms. The molecule has 0 fully saturated rings. The normalized spacial score (nSPS) is 9.29. The minimum Gasteiger partial charge on any atom is -0.565 e. The molecule has 0 saturated carbocycles. The van der Waals surface area contributed by atoms with Gasteiger partial charge in [0.1, 0.15) is 0 Å². The molecule has 0 rings (SSSR count). The number of hydrogen-bond donors (Lipinski definition) is 2. The van der Waals surface area contributed by atoms with Crippen molar-refractivity contribution in [3.8, 4) is 0 Å². The molecule has 6 nitrogen and oxygen atoms in total. The zero-order valence-electron chi connectivity index (χ0n) is 8.52. The number of aliphatic hydroxyl groups is 1. The van der Waals surface area contributed by atoms with Crippen LogP contribution < -0.4 is 69.3 Å². The molecule has 14 heavy (non-hydrogen) atoms. The summed E-state index contributed by atoms with van der Waals surface area (Å²) in [4.78, 5) is 18.3. The van der Waals surface area contributed by atoms with Crippen LogP contribution in [0.5, 0.6) is 0 Å². The van der Waals surface area contributed by atoms with Gasteiger partial charge < -0.3 is 30.0 Å². The van der Waals surface area contributed by atoms with Gasteiger partial charge in [-0.05, 0) is 6.42 Å². The van der Waals surface area contributed by atoms with Crippen LogP contribution in [0.4, 0.5) is 4.79 Å². The Kier molecular flexibility index (Phi) is 27.8. The van der Waals surface area contributed by atoms with Crippen LogP contribution in [-0.4, -0.2) is 28.9 Å². The first-order valence-corrected chi connectivity index (χ1v) is 3.17. The van der Waals surface area contributed by atoms with Crippen LogP contribution in [0.15, 0.2) is 0 Å². The fourth-order valence-corrected chi connectivity index (χ4v) is 0.370. The van der Waals surface area contributed by atoms with Gasteiger partial charge in [-0.1, -0.05) is 6.92 Å². The molecule has 0 aromatic carbocycles. The Morgan fingerprint density at radius 3 is 1.57 bits per heavy atom. The summed E-state index contributed by atoms with van der Waals surface area (Å²) < 4.78 is 0. The molecule has 0 amide bonds. The number of carbonyl (C=O) groups excluding carboxylic acids is 1. The van der Waals surface area contributed by atoms with E-state index in [0.29, 0.717) is 6.42 Å². The minimum atomic E-state index is -2.08. The number of rotatable bonds is 3. The molecule has 2 N–H and O–H groups in total. The van der Waals surface area contributed by atoms with Crippen LogP contribution in [-0.2, 0) is 4.79 Å². The van der Waals surface area contributed by atoms with Crippen LogP contribution in [0.25, 0.3) is 0 Å². The van der Waals surface area contributed by atoms with Gasteiger partial charge in [-0.15, -0.1) is 0 Å². The van der Waals surface area contributed by atoms with Crippen molar-refractivity contribution in [3.05, 3.63) is 0 Å². The Bertz CT molecular complexity index is 143. The summed E-state index contributed by atoms with van der Waals surface area (Å²) in [6.07, 6.45) is -1.65. The van der Waals surface area contributed by atoms with E-state index in [4.69, 9.17) is 20.1 Å². The van der Waals surface area contributed by atoms with Crippen molar-refractivity contribution in [1.82, 2.24) is 0 Å². The summed E-state index contributed by atoms with van der Waals surface area (Å²) >= 11 is 0. The predicted molar refractivity (Wildman–Crippen MR) is 33.9 cm³/mol. The van der Waals surface area contributed by atoms with E-state index >= 15 is 0 Å². The molecule has 1 atom stereocenters. The van der Waals surface area contributed by atoms with E-state index < -0.39 is 18.0 Å². The number of aliphatic carboxylic acids is 1. The Labute approximate surface area is 126 Å².